The van der Waals surface area contributed by atoms with E-state index in [-0.39, 0.29) is 0 Å². The number of nitrogens with one attached hydrogen (secondary N) is 1. The van der Waals surface area contributed by atoms with Crippen LogP contribution in [0.4, 0.5) is 0 Å². The van der Waals surface area contributed by atoms with Crippen molar-refractivity contribution in [2.45, 2.75) is 39.5 Å². The first-order valence-electron chi connectivity index (χ1n) is 4.49. The Morgan fingerprint density at radius 2 is 2.00 bits per heavy atom. The molecule has 0 bridgehead atoms. The molecule has 62 valence electrons. The van der Waals surface area contributed by atoms with Crippen LogP contribution in [-0.2, 0) is 0 Å². The first kappa shape index (κ1) is 9.96. The van der Waals surface area contributed by atoms with Crippen LogP contribution in [0.3, 0.4) is 0 Å². The first-order valence-corrected chi connectivity index (χ1v) is 4.49. The van der Waals surface area contributed by atoms with Gasteiger partial charge >= 0.3 is 0 Å². The van der Waals surface area contributed by atoms with Gasteiger partial charge in [0.2, 0.25) is 0 Å². The molecule has 0 amide bonds. The number of hydrogen-bond donors (Lipinski definition) is 1. The summed E-state index contributed by atoms with van der Waals surface area (Å²) >= 11 is 0. The van der Waals surface area contributed by atoms with Crippen LogP contribution in [0, 0.1) is 5.92 Å². The summed E-state index contributed by atoms with van der Waals surface area (Å²) in [6, 6.07) is 0. The SMILES string of the molecule is CCCC[C@H](CC)CNC. The molecule has 1 atom stereocenters. The predicted octanol–water partition coefficient (Wildman–Crippen LogP) is 2.42. The highest BCUT2D eigenvalue weighted by Crippen LogP contribution is 2.10. The molecule has 0 radical (unpaired) electrons. The van der Waals surface area contributed by atoms with Crippen molar-refractivity contribution in [2.75, 3.05) is 13.6 Å². The lowest BCUT2D eigenvalue weighted by Crippen LogP contribution is -2.17. The van der Waals surface area contributed by atoms with E-state index in [1.165, 1.54) is 32.2 Å². The highest BCUT2D eigenvalue weighted by atomic mass is 14.8. The Labute approximate surface area is 65.2 Å². The van der Waals surface area contributed by atoms with E-state index in [4.69, 9.17) is 0 Å². The lowest BCUT2D eigenvalue weighted by molar-refractivity contribution is 0.434. The van der Waals surface area contributed by atoms with Gasteiger partial charge < -0.3 is 5.32 Å². The van der Waals surface area contributed by atoms with Crippen molar-refractivity contribution in [3.8, 4) is 0 Å². The lowest BCUT2D eigenvalue weighted by atomic mass is 10.00. The van der Waals surface area contributed by atoms with Crippen LogP contribution in [0.2, 0.25) is 0 Å². The molecule has 0 aromatic rings. The Morgan fingerprint density at radius 1 is 1.30 bits per heavy atom. The van der Waals surface area contributed by atoms with Gasteiger partial charge in [-0.3, -0.25) is 0 Å². The summed E-state index contributed by atoms with van der Waals surface area (Å²) in [6.07, 6.45) is 5.44. The second-order valence-corrected chi connectivity index (χ2v) is 2.97. The average Bonchev–Trinajstić information content (AvgIpc) is 1.98. The summed E-state index contributed by atoms with van der Waals surface area (Å²) in [6.45, 7) is 5.72. The van der Waals surface area contributed by atoms with Crippen molar-refractivity contribution < 1.29 is 0 Å². The molecule has 1 N–H and O–H groups in total. The third kappa shape index (κ3) is 4.80. The lowest BCUT2D eigenvalue weighted by Gasteiger charge is -2.12. The molecule has 1 nitrogen and oxygen atoms in total. The van der Waals surface area contributed by atoms with E-state index >= 15 is 0 Å². The smallest absolute Gasteiger partial charge is 0.00236 e. The third-order valence-corrected chi connectivity index (χ3v) is 2.04. The van der Waals surface area contributed by atoms with Gasteiger partial charge in [-0.1, -0.05) is 33.1 Å². The minimum Gasteiger partial charge on any atom is -0.319 e. The van der Waals surface area contributed by atoms with Crippen molar-refractivity contribution in [1.29, 1.82) is 0 Å². The number of hydrogen-bond acceptors (Lipinski definition) is 1. The van der Waals surface area contributed by atoms with Crippen molar-refractivity contribution in [1.82, 2.24) is 5.32 Å². The van der Waals surface area contributed by atoms with E-state index in [1.807, 2.05) is 7.05 Å². The molecular formula is C9H21N. The van der Waals surface area contributed by atoms with E-state index in [0.29, 0.717) is 0 Å². The monoisotopic (exact) mass is 143 g/mol. The fourth-order valence-electron chi connectivity index (χ4n) is 1.23. The zero-order chi connectivity index (χ0) is 7.82. The van der Waals surface area contributed by atoms with Crippen LogP contribution in [0.25, 0.3) is 0 Å². The van der Waals surface area contributed by atoms with Gasteiger partial charge in [-0.15, -0.1) is 0 Å². The summed E-state index contributed by atoms with van der Waals surface area (Å²) in [7, 11) is 2.04. The highest BCUT2D eigenvalue weighted by Gasteiger charge is 2.02. The van der Waals surface area contributed by atoms with Gasteiger partial charge in [0.25, 0.3) is 0 Å². The van der Waals surface area contributed by atoms with Gasteiger partial charge in [0.1, 0.15) is 0 Å². The maximum absolute atomic E-state index is 3.23. The van der Waals surface area contributed by atoms with Crippen LogP contribution in [0.5, 0.6) is 0 Å². The fraction of sp³-hybridized carbons (Fsp3) is 1.00. The summed E-state index contributed by atoms with van der Waals surface area (Å²) in [5.74, 6) is 0.907. The van der Waals surface area contributed by atoms with Crippen molar-refractivity contribution in [3.63, 3.8) is 0 Å². The van der Waals surface area contributed by atoms with Gasteiger partial charge in [-0.05, 0) is 25.9 Å². The second kappa shape index (κ2) is 7.07. The van der Waals surface area contributed by atoms with Crippen molar-refractivity contribution in [3.05, 3.63) is 0 Å². The number of unbranched alkanes of at least 4 members (excludes halogenated alkanes) is 1. The quantitative estimate of drug-likeness (QED) is 0.602. The first-order chi connectivity index (χ1) is 4.85. The van der Waals surface area contributed by atoms with E-state index in [0.717, 1.165) is 5.92 Å². The Kier molecular flexibility index (Phi) is 7.04. The summed E-state index contributed by atoms with van der Waals surface area (Å²) in [4.78, 5) is 0. The Bertz CT molecular complexity index is 61.7. The summed E-state index contributed by atoms with van der Waals surface area (Å²) < 4.78 is 0. The van der Waals surface area contributed by atoms with Gasteiger partial charge in [-0.2, -0.15) is 0 Å². The third-order valence-electron chi connectivity index (χ3n) is 2.04. The molecule has 0 heterocycles. The number of rotatable bonds is 6. The molecule has 0 aromatic carbocycles. The zero-order valence-electron chi connectivity index (χ0n) is 7.61. The average molecular weight is 143 g/mol. The molecule has 0 rings (SSSR count). The van der Waals surface area contributed by atoms with Crippen LogP contribution >= 0.6 is 0 Å². The molecular weight excluding hydrogens is 122 g/mol. The molecule has 0 aliphatic carbocycles. The van der Waals surface area contributed by atoms with E-state index < -0.39 is 0 Å². The van der Waals surface area contributed by atoms with Gasteiger partial charge in [0.15, 0.2) is 0 Å². The standard InChI is InChI=1S/C9H21N/c1-4-6-7-9(5-2)8-10-3/h9-10H,4-8H2,1-3H3/t9-/m0/s1. The van der Waals surface area contributed by atoms with Crippen molar-refractivity contribution >= 4 is 0 Å². The Morgan fingerprint density at radius 3 is 2.40 bits per heavy atom. The maximum Gasteiger partial charge on any atom is -0.00236 e. The van der Waals surface area contributed by atoms with E-state index in [1.54, 1.807) is 0 Å². The Balaban J connectivity index is 3.21. The molecule has 0 saturated heterocycles. The van der Waals surface area contributed by atoms with Crippen LogP contribution in [-0.4, -0.2) is 13.6 Å². The minimum absolute atomic E-state index is 0.907. The molecule has 0 aliphatic heterocycles. The van der Waals surface area contributed by atoms with Gasteiger partial charge in [0, 0.05) is 0 Å². The molecule has 0 unspecified atom stereocenters. The highest BCUT2D eigenvalue weighted by molar-refractivity contribution is 4.58. The van der Waals surface area contributed by atoms with E-state index in [9.17, 15) is 0 Å². The summed E-state index contributed by atoms with van der Waals surface area (Å²) in [5, 5.41) is 3.23. The van der Waals surface area contributed by atoms with Gasteiger partial charge in [0.05, 0.1) is 0 Å². The molecule has 0 aromatic heterocycles. The van der Waals surface area contributed by atoms with E-state index in [2.05, 4.69) is 19.2 Å². The second-order valence-electron chi connectivity index (χ2n) is 2.97. The molecule has 0 spiro atoms. The Hall–Kier alpha value is -0.0400. The molecule has 10 heavy (non-hydrogen) atoms. The topological polar surface area (TPSA) is 12.0 Å². The maximum atomic E-state index is 3.23. The van der Waals surface area contributed by atoms with Crippen LogP contribution in [0.15, 0.2) is 0 Å². The molecule has 0 saturated carbocycles. The van der Waals surface area contributed by atoms with Crippen LogP contribution < -0.4 is 5.32 Å². The largest absolute Gasteiger partial charge is 0.319 e. The normalized spacial score (nSPS) is 13.5. The summed E-state index contributed by atoms with van der Waals surface area (Å²) in [5.41, 5.74) is 0. The zero-order valence-corrected chi connectivity index (χ0v) is 7.61. The van der Waals surface area contributed by atoms with Gasteiger partial charge in [-0.25, -0.2) is 0 Å². The predicted molar refractivity (Wildman–Crippen MR) is 47.2 cm³/mol. The van der Waals surface area contributed by atoms with Crippen LogP contribution in [0.1, 0.15) is 39.5 Å². The molecule has 0 fully saturated rings. The minimum atomic E-state index is 0.907. The molecule has 1 heteroatoms. The van der Waals surface area contributed by atoms with Crippen molar-refractivity contribution in [2.24, 2.45) is 5.92 Å². The fourth-order valence-corrected chi connectivity index (χ4v) is 1.23. The molecule has 0 aliphatic rings.